The predicted molar refractivity (Wildman–Crippen MR) is 102 cm³/mol. The van der Waals surface area contributed by atoms with Gasteiger partial charge in [0.1, 0.15) is 0 Å². The first kappa shape index (κ1) is 21.4. The topological polar surface area (TPSA) is 116 Å². The zero-order valence-corrected chi connectivity index (χ0v) is 16.9. The number of carbonyl (C=O) groups excluding carboxylic acids is 2. The van der Waals surface area contributed by atoms with Gasteiger partial charge in [-0.15, -0.1) is 0 Å². The number of benzene rings is 1. The van der Waals surface area contributed by atoms with Crippen molar-refractivity contribution in [2.45, 2.75) is 63.9 Å². The van der Waals surface area contributed by atoms with Crippen LogP contribution in [0, 0.1) is 19.8 Å². The van der Waals surface area contributed by atoms with Gasteiger partial charge in [0.05, 0.1) is 10.5 Å². The Balaban J connectivity index is 2.01. The fourth-order valence-electron chi connectivity index (χ4n) is 3.30. The molecule has 0 aliphatic heterocycles. The molecule has 1 unspecified atom stereocenters. The third-order valence-corrected chi connectivity index (χ3v) is 6.14. The SMILES string of the molecule is Cc1cc(C(=O)OC(C)C(=O)NCC2CCCCC2)cc(S(N)(=O)=O)c1C. The molecule has 0 radical (unpaired) electrons. The van der Waals surface area contributed by atoms with E-state index in [0.29, 0.717) is 23.6 Å². The Morgan fingerprint density at radius 3 is 2.44 bits per heavy atom. The second-order valence-electron chi connectivity index (χ2n) is 7.26. The predicted octanol–water partition coefficient (Wildman–Crippen LogP) is 2.19. The number of ether oxygens (including phenoxy) is 1. The molecule has 1 aromatic carbocycles. The Kier molecular flexibility index (Phi) is 7.00. The van der Waals surface area contributed by atoms with Crippen LogP contribution in [0.1, 0.15) is 60.5 Å². The first-order chi connectivity index (χ1) is 12.6. The summed E-state index contributed by atoms with van der Waals surface area (Å²) in [6, 6.07) is 2.71. The van der Waals surface area contributed by atoms with Crippen molar-refractivity contribution in [3.05, 3.63) is 28.8 Å². The number of hydrogen-bond donors (Lipinski definition) is 2. The quantitative estimate of drug-likeness (QED) is 0.715. The van der Waals surface area contributed by atoms with Crippen LogP contribution >= 0.6 is 0 Å². The van der Waals surface area contributed by atoms with Gasteiger partial charge in [0.25, 0.3) is 5.91 Å². The van der Waals surface area contributed by atoms with Crippen molar-refractivity contribution in [1.29, 1.82) is 0 Å². The van der Waals surface area contributed by atoms with Gasteiger partial charge in [-0.3, -0.25) is 4.79 Å². The summed E-state index contributed by atoms with van der Waals surface area (Å²) in [5, 5.41) is 8.04. The number of primary sulfonamides is 1. The minimum atomic E-state index is -3.96. The lowest BCUT2D eigenvalue weighted by Crippen LogP contribution is -2.38. The van der Waals surface area contributed by atoms with E-state index in [2.05, 4.69) is 5.32 Å². The van der Waals surface area contributed by atoms with Crippen LogP contribution in [0.15, 0.2) is 17.0 Å². The van der Waals surface area contributed by atoms with Crippen LogP contribution in [-0.4, -0.2) is 32.9 Å². The summed E-state index contributed by atoms with van der Waals surface area (Å²) in [7, 11) is -3.96. The second-order valence-corrected chi connectivity index (χ2v) is 8.79. The smallest absolute Gasteiger partial charge is 0.338 e. The van der Waals surface area contributed by atoms with E-state index in [9.17, 15) is 18.0 Å². The van der Waals surface area contributed by atoms with Crippen molar-refractivity contribution in [1.82, 2.24) is 5.32 Å². The molecule has 1 aliphatic rings. The fourth-order valence-corrected chi connectivity index (χ4v) is 4.18. The molecule has 1 aliphatic carbocycles. The summed E-state index contributed by atoms with van der Waals surface area (Å²) in [6.07, 6.45) is 4.85. The molecule has 0 aromatic heterocycles. The third-order valence-electron chi connectivity index (χ3n) is 5.10. The van der Waals surface area contributed by atoms with Gasteiger partial charge in [-0.2, -0.15) is 0 Å². The lowest BCUT2D eigenvalue weighted by Gasteiger charge is -2.22. The number of aryl methyl sites for hydroxylation is 1. The molecule has 0 spiro atoms. The monoisotopic (exact) mass is 396 g/mol. The van der Waals surface area contributed by atoms with Crippen LogP contribution in [0.3, 0.4) is 0 Å². The van der Waals surface area contributed by atoms with E-state index < -0.39 is 22.1 Å². The van der Waals surface area contributed by atoms with E-state index >= 15 is 0 Å². The summed E-state index contributed by atoms with van der Waals surface area (Å²) < 4.78 is 28.6. The molecule has 1 amide bonds. The van der Waals surface area contributed by atoms with E-state index in [4.69, 9.17) is 9.88 Å². The Morgan fingerprint density at radius 1 is 1.22 bits per heavy atom. The highest BCUT2D eigenvalue weighted by Crippen LogP contribution is 2.23. The molecule has 27 heavy (non-hydrogen) atoms. The first-order valence-corrected chi connectivity index (χ1v) is 10.8. The molecule has 1 aromatic rings. The maximum Gasteiger partial charge on any atom is 0.338 e. The van der Waals surface area contributed by atoms with Crippen LogP contribution in [0.4, 0.5) is 0 Å². The molecule has 0 heterocycles. The van der Waals surface area contributed by atoms with Gasteiger partial charge in [-0.1, -0.05) is 19.3 Å². The van der Waals surface area contributed by atoms with Gasteiger partial charge in [-0.05, 0) is 62.8 Å². The molecule has 0 saturated heterocycles. The van der Waals surface area contributed by atoms with Gasteiger partial charge in [-0.25, -0.2) is 18.4 Å². The lowest BCUT2D eigenvalue weighted by molar-refractivity contribution is -0.129. The fraction of sp³-hybridized carbons (Fsp3) is 0.579. The molecule has 0 bridgehead atoms. The maximum absolute atomic E-state index is 12.4. The number of rotatable bonds is 6. The van der Waals surface area contributed by atoms with Crippen molar-refractivity contribution >= 4 is 21.9 Å². The minimum Gasteiger partial charge on any atom is -0.449 e. The highest BCUT2D eigenvalue weighted by molar-refractivity contribution is 7.89. The Hall–Kier alpha value is -1.93. The van der Waals surface area contributed by atoms with Gasteiger partial charge < -0.3 is 10.1 Å². The van der Waals surface area contributed by atoms with Crippen molar-refractivity contribution in [2.24, 2.45) is 11.1 Å². The molecular weight excluding hydrogens is 368 g/mol. The maximum atomic E-state index is 12.4. The zero-order chi connectivity index (χ0) is 20.2. The largest absolute Gasteiger partial charge is 0.449 e. The third kappa shape index (κ3) is 5.77. The molecule has 7 nitrogen and oxygen atoms in total. The van der Waals surface area contributed by atoms with Gasteiger partial charge in [0.2, 0.25) is 10.0 Å². The Labute approximate surface area is 160 Å². The number of sulfonamides is 1. The second kappa shape index (κ2) is 8.84. The zero-order valence-electron chi connectivity index (χ0n) is 16.1. The molecular formula is C19H28N2O5S. The number of esters is 1. The van der Waals surface area contributed by atoms with E-state index in [1.807, 2.05) is 0 Å². The Morgan fingerprint density at radius 2 is 1.85 bits per heavy atom. The normalized spacial score (nSPS) is 16.6. The van der Waals surface area contributed by atoms with E-state index in [1.54, 1.807) is 13.8 Å². The molecule has 3 N–H and O–H groups in total. The summed E-state index contributed by atoms with van der Waals surface area (Å²) in [5.41, 5.74) is 1.13. The van der Waals surface area contributed by atoms with Crippen molar-refractivity contribution in [3.8, 4) is 0 Å². The van der Waals surface area contributed by atoms with E-state index in [1.165, 1.54) is 38.3 Å². The number of carbonyl (C=O) groups is 2. The summed E-state index contributed by atoms with van der Waals surface area (Å²) in [5.74, 6) is -0.643. The standard InChI is InChI=1S/C19H28N2O5S/c1-12-9-16(10-17(13(12)2)27(20,24)25)19(23)26-14(3)18(22)21-11-15-7-5-4-6-8-15/h9-10,14-15H,4-8,11H2,1-3H3,(H,21,22)(H2,20,24,25). The van der Waals surface area contributed by atoms with Crippen LogP contribution < -0.4 is 10.5 Å². The van der Waals surface area contributed by atoms with Gasteiger partial charge in [0, 0.05) is 6.54 Å². The molecule has 1 atom stereocenters. The molecule has 150 valence electrons. The van der Waals surface area contributed by atoms with Crippen molar-refractivity contribution in [2.75, 3.05) is 6.54 Å². The summed E-state index contributed by atoms with van der Waals surface area (Å²) >= 11 is 0. The van der Waals surface area contributed by atoms with E-state index in [0.717, 1.165) is 12.8 Å². The summed E-state index contributed by atoms with van der Waals surface area (Å²) in [4.78, 5) is 24.4. The van der Waals surface area contributed by atoms with Crippen LogP contribution in [0.2, 0.25) is 0 Å². The number of hydrogen-bond acceptors (Lipinski definition) is 5. The highest BCUT2D eigenvalue weighted by atomic mass is 32.2. The molecule has 1 saturated carbocycles. The van der Waals surface area contributed by atoms with E-state index in [-0.39, 0.29) is 16.4 Å². The lowest BCUT2D eigenvalue weighted by atomic mass is 9.89. The van der Waals surface area contributed by atoms with Crippen molar-refractivity contribution < 1.29 is 22.7 Å². The van der Waals surface area contributed by atoms with Crippen LogP contribution in [0.5, 0.6) is 0 Å². The Bertz CT molecular complexity index is 814. The molecule has 2 rings (SSSR count). The first-order valence-electron chi connectivity index (χ1n) is 9.22. The molecule has 1 fully saturated rings. The van der Waals surface area contributed by atoms with Crippen LogP contribution in [-0.2, 0) is 19.6 Å². The van der Waals surface area contributed by atoms with Gasteiger partial charge in [0.15, 0.2) is 6.10 Å². The van der Waals surface area contributed by atoms with Gasteiger partial charge >= 0.3 is 5.97 Å². The highest BCUT2D eigenvalue weighted by Gasteiger charge is 2.23. The average molecular weight is 397 g/mol. The minimum absolute atomic E-state index is 0.0501. The number of nitrogens with one attached hydrogen (secondary N) is 1. The number of nitrogens with two attached hydrogens (primary N) is 1. The van der Waals surface area contributed by atoms with Crippen LogP contribution in [0.25, 0.3) is 0 Å². The molecule has 8 heteroatoms. The average Bonchev–Trinajstić information content (AvgIpc) is 2.61. The number of amides is 1. The van der Waals surface area contributed by atoms with Crippen molar-refractivity contribution in [3.63, 3.8) is 0 Å². The summed E-state index contributed by atoms with van der Waals surface area (Å²) in [6.45, 7) is 5.38.